The highest BCUT2D eigenvalue weighted by atomic mass is 19.1. The van der Waals surface area contributed by atoms with Gasteiger partial charge in [0.05, 0.1) is 19.9 Å². The fourth-order valence-corrected chi connectivity index (χ4v) is 2.54. The van der Waals surface area contributed by atoms with Gasteiger partial charge in [-0.1, -0.05) is 29.5 Å². The predicted molar refractivity (Wildman–Crippen MR) is 96.8 cm³/mol. The van der Waals surface area contributed by atoms with E-state index in [0.717, 1.165) is 17.5 Å². The number of rotatable bonds is 8. The Morgan fingerprint density at radius 2 is 1.88 bits per heavy atom. The second-order valence-electron chi connectivity index (χ2n) is 5.80. The predicted octanol–water partition coefficient (Wildman–Crippen LogP) is 3.78. The minimum absolute atomic E-state index is 0.255. The number of allylic oxidation sites excluding steroid dienone is 1. The highest BCUT2D eigenvalue weighted by molar-refractivity contribution is 5.43. The molecule has 0 fully saturated rings. The maximum Gasteiger partial charge on any atom is 0.161 e. The third kappa shape index (κ3) is 4.47. The van der Waals surface area contributed by atoms with Gasteiger partial charge in [0, 0.05) is 0 Å². The van der Waals surface area contributed by atoms with Crippen molar-refractivity contribution in [2.24, 2.45) is 0 Å². The molecule has 0 N–H and O–H groups in total. The molecule has 0 aliphatic carbocycles. The minimum Gasteiger partial charge on any atom is -0.493 e. The molecule has 1 aromatic heterocycles. The summed E-state index contributed by atoms with van der Waals surface area (Å²) >= 11 is 0. The second kappa shape index (κ2) is 8.29. The molecule has 0 bridgehead atoms. The van der Waals surface area contributed by atoms with Gasteiger partial charge in [0.25, 0.3) is 0 Å². The van der Waals surface area contributed by atoms with Gasteiger partial charge in [-0.2, -0.15) is 0 Å². The quantitative estimate of drug-likeness (QED) is 0.578. The molecule has 134 valence electrons. The van der Waals surface area contributed by atoms with Gasteiger partial charge < -0.3 is 9.47 Å². The number of benzene rings is 2. The van der Waals surface area contributed by atoms with Crippen LogP contribution in [0.3, 0.4) is 0 Å². The lowest BCUT2D eigenvalue weighted by atomic mass is 10.1. The Balaban J connectivity index is 1.62. The zero-order chi connectivity index (χ0) is 18.4. The molecule has 26 heavy (non-hydrogen) atoms. The third-order valence-corrected chi connectivity index (χ3v) is 3.83. The summed E-state index contributed by atoms with van der Waals surface area (Å²) < 4.78 is 25.8. The van der Waals surface area contributed by atoms with E-state index >= 15 is 0 Å². The van der Waals surface area contributed by atoms with Crippen LogP contribution in [0.1, 0.15) is 16.8 Å². The Kier molecular flexibility index (Phi) is 5.63. The fraction of sp³-hybridized carbons (Fsp3) is 0.200. The molecule has 0 amide bonds. The lowest BCUT2D eigenvalue weighted by Crippen LogP contribution is -2.00. The van der Waals surface area contributed by atoms with Crippen LogP contribution in [0.2, 0.25) is 0 Å². The molecule has 0 aliphatic heterocycles. The van der Waals surface area contributed by atoms with E-state index in [1.165, 1.54) is 12.1 Å². The lowest BCUT2D eigenvalue weighted by molar-refractivity contribution is 0.280. The maximum absolute atomic E-state index is 13.0. The van der Waals surface area contributed by atoms with Crippen LogP contribution < -0.4 is 9.47 Å². The van der Waals surface area contributed by atoms with E-state index in [9.17, 15) is 4.39 Å². The van der Waals surface area contributed by atoms with Crippen molar-refractivity contribution in [3.63, 3.8) is 0 Å². The Hall–Kier alpha value is -3.15. The summed E-state index contributed by atoms with van der Waals surface area (Å²) in [5.74, 6) is 1.06. The summed E-state index contributed by atoms with van der Waals surface area (Å²) in [7, 11) is 1.61. The Bertz CT molecular complexity index is 875. The van der Waals surface area contributed by atoms with E-state index in [4.69, 9.17) is 9.47 Å². The van der Waals surface area contributed by atoms with Gasteiger partial charge in [0.1, 0.15) is 18.1 Å². The summed E-state index contributed by atoms with van der Waals surface area (Å²) in [5.41, 5.74) is 2.75. The summed E-state index contributed by atoms with van der Waals surface area (Å²) in [5, 5.41) is 8.19. The Morgan fingerprint density at radius 3 is 2.62 bits per heavy atom. The Morgan fingerprint density at radius 1 is 1.12 bits per heavy atom. The summed E-state index contributed by atoms with van der Waals surface area (Å²) in [6, 6.07) is 12.1. The molecule has 0 saturated heterocycles. The first-order valence-electron chi connectivity index (χ1n) is 8.22. The number of ether oxygens (including phenoxy) is 2. The van der Waals surface area contributed by atoms with Gasteiger partial charge in [-0.15, -0.1) is 11.7 Å². The molecule has 0 aliphatic rings. The van der Waals surface area contributed by atoms with E-state index in [1.54, 1.807) is 23.9 Å². The molecule has 6 heteroatoms. The zero-order valence-electron chi connectivity index (χ0n) is 14.6. The maximum atomic E-state index is 13.0. The van der Waals surface area contributed by atoms with Crippen LogP contribution in [0.5, 0.6) is 11.5 Å². The molecule has 0 spiro atoms. The van der Waals surface area contributed by atoms with Crippen LogP contribution in [0.4, 0.5) is 4.39 Å². The van der Waals surface area contributed by atoms with E-state index in [1.807, 2.05) is 30.5 Å². The molecule has 0 unspecified atom stereocenters. The summed E-state index contributed by atoms with van der Waals surface area (Å²) in [6.07, 6.45) is 4.42. The lowest BCUT2D eigenvalue weighted by Gasteiger charge is -2.10. The summed E-state index contributed by atoms with van der Waals surface area (Å²) in [6.45, 7) is 4.54. The molecule has 5 nitrogen and oxygen atoms in total. The van der Waals surface area contributed by atoms with Crippen LogP contribution >= 0.6 is 0 Å². The monoisotopic (exact) mass is 353 g/mol. The zero-order valence-corrected chi connectivity index (χ0v) is 14.6. The standard InChI is InChI=1S/C20H20FN3O2/c1-3-4-15-7-10-19(20(11-15)25-2)26-14-18-13-24(23-22-18)12-16-5-8-17(21)9-6-16/h3,5-11,13H,1,4,12,14H2,2H3. The minimum atomic E-state index is -0.255. The second-order valence-corrected chi connectivity index (χ2v) is 5.80. The Labute approximate surface area is 151 Å². The van der Waals surface area contributed by atoms with Crippen molar-refractivity contribution in [1.29, 1.82) is 0 Å². The van der Waals surface area contributed by atoms with Crippen molar-refractivity contribution < 1.29 is 13.9 Å². The van der Waals surface area contributed by atoms with Crippen molar-refractivity contribution in [3.05, 3.63) is 84.0 Å². The number of aromatic nitrogens is 3. The van der Waals surface area contributed by atoms with Crippen molar-refractivity contribution in [3.8, 4) is 11.5 Å². The smallest absolute Gasteiger partial charge is 0.161 e. The number of hydrogen-bond donors (Lipinski definition) is 0. The molecule has 1 heterocycles. The molecular formula is C20H20FN3O2. The SMILES string of the molecule is C=CCc1ccc(OCc2cn(Cc3ccc(F)cc3)nn2)c(OC)c1. The number of nitrogens with zero attached hydrogens (tertiary/aromatic N) is 3. The summed E-state index contributed by atoms with van der Waals surface area (Å²) in [4.78, 5) is 0. The van der Waals surface area contributed by atoms with Crippen molar-refractivity contribution in [2.45, 2.75) is 19.6 Å². The highest BCUT2D eigenvalue weighted by Crippen LogP contribution is 2.29. The van der Waals surface area contributed by atoms with Crippen molar-refractivity contribution in [2.75, 3.05) is 7.11 Å². The number of hydrogen-bond acceptors (Lipinski definition) is 4. The van der Waals surface area contributed by atoms with Gasteiger partial charge in [0.15, 0.2) is 11.5 Å². The average Bonchev–Trinajstić information content (AvgIpc) is 3.10. The van der Waals surface area contributed by atoms with Gasteiger partial charge in [-0.05, 0) is 41.8 Å². The van der Waals surface area contributed by atoms with Crippen LogP contribution in [0, 0.1) is 5.82 Å². The van der Waals surface area contributed by atoms with Gasteiger partial charge in [-0.3, -0.25) is 0 Å². The normalized spacial score (nSPS) is 10.5. The van der Waals surface area contributed by atoms with Crippen molar-refractivity contribution >= 4 is 0 Å². The van der Waals surface area contributed by atoms with Crippen LogP contribution in [0.15, 0.2) is 61.3 Å². The number of halogens is 1. The van der Waals surface area contributed by atoms with E-state index in [2.05, 4.69) is 16.9 Å². The molecule has 2 aromatic carbocycles. The van der Waals surface area contributed by atoms with Crippen molar-refractivity contribution in [1.82, 2.24) is 15.0 Å². The first kappa shape index (κ1) is 17.7. The van der Waals surface area contributed by atoms with E-state index < -0.39 is 0 Å². The number of methoxy groups -OCH3 is 1. The average molecular weight is 353 g/mol. The highest BCUT2D eigenvalue weighted by Gasteiger charge is 2.08. The van der Waals surface area contributed by atoms with Gasteiger partial charge in [-0.25, -0.2) is 9.07 Å². The van der Waals surface area contributed by atoms with E-state index in [-0.39, 0.29) is 12.4 Å². The largest absolute Gasteiger partial charge is 0.493 e. The fourth-order valence-electron chi connectivity index (χ4n) is 2.54. The molecule has 0 radical (unpaired) electrons. The first-order valence-corrected chi connectivity index (χ1v) is 8.22. The molecule has 3 rings (SSSR count). The molecule has 0 atom stereocenters. The molecular weight excluding hydrogens is 333 g/mol. The third-order valence-electron chi connectivity index (χ3n) is 3.83. The van der Waals surface area contributed by atoms with Crippen LogP contribution in [-0.2, 0) is 19.6 Å². The van der Waals surface area contributed by atoms with Gasteiger partial charge in [0.2, 0.25) is 0 Å². The molecule has 0 saturated carbocycles. The molecule has 3 aromatic rings. The van der Waals surface area contributed by atoms with Crippen LogP contribution in [-0.4, -0.2) is 22.1 Å². The van der Waals surface area contributed by atoms with Gasteiger partial charge >= 0.3 is 0 Å². The van der Waals surface area contributed by atoms with E-state index in [0.29, 0.717) is 23.7 Å². The topological polar surface area (TPSA) is 49.2 Å². The van der Waals surface area contributed by atoms with Crippen LogP contribution in [0.25, 0.3) is 0 Å². The first-order chi connectivity index (χ1) is 12.7.